The van der Waals surface area contributed by atoms with Gasteiger partial charge < -0.3 is 5.11 Å². The van der Waals surface area contributed by atoms with Gasteiger partial charge in [0.05, 0.1) is 11.7 Å². The highest BCUT2D eigenvalue weighted by Crippen LogP contribution is 2.22. The lowest BCUT2D eigenvalue weighted by molar-refractivity contribution is -0.139. The van der Waals surface area contributed by atoms with E-state index >= 15 is 0 Å². The minimum atomic E-state index is -2.95. The molecule has 0 aromatic heterocycles. The Hall–Kier alpha value is -1.36. The molecular weight excluding hydrogens is 264 g/mol. The van der Waals surface area contributed by atoms with Crippen LogP contribution in [0.1, 0.15) is 37.7 Å². The van der Waals surface area contributed by atoms with Gasteiger partial charge in [-0.25, -0.2) is 8.42 Å². The van der Waals surface area contributed by atoms with E-state index in [1.54, 1.807) is 19.1 Å². The number of hydrogen-bond donors (Lipinski definition) is 1. The van der Waals surface area contributed by atoms with E-state index in [4.69, 9.17) is 0 Å². The minimum Gasteiger partial charge on any atom is -0.481 e. The molecule has 1 atom stereocenters. The van der Waals surface area contributed by atoms with Crippen molar-refractivity contribution >= 4 is 15.8 Å². The van der Waals surface area contributed by atoms with Crippen LogP contribution in [-0.2, 0) is 14.6 Å². The summed E-state index contributed by atoms with van der Waals surface area (Å²) >= 11 is 0. The molecule has 0 amide bonds. The van der Waals surface area contributed by atoms with Crippen molar-refractivity contribution in [3.8, 4) is 0 Å². The lowest BCUT2D eigenvalue weighted by Crippen LogP contribution is -2.13. The molecule has 0 aliphatic carbocycles. The maximum atomic E-state index is 11.3. The van der Waals surface area contributed by atoms with Crippen molar-refractivity contribution in [2.24, 2.45) is 0 Å². The molecule has 0 aliphatic rings. The quantitative estimate of drug-likeness (QED) is 0.744. The van der Waals surface area contributed by atoms with E-state index in [-0.39, 0.29) is 11.5 Å². The highest BCUT2D eigenvalue weighted by molar-refractivity contribution is 7.91. The van der Waals surface area contributed by atoms with Gasteiger partial charge >= 0.3 is 5.97 Å². The Balaban J connectivity index is 2.51. The molecule has 19 heavy (non-hydrogen) atoms. The molecular formula is C14H20O4S. The summed E-state index contributed by atoms with van der Waals surface area (Å²) in [4.78, 5) is 11.2. The molecule has 1 aromatic carbocycles. The summed E-state index contributed by atoms with van der Waals surface area (Å²) in [6, 6.07) is 9.05. The molecule has 0 heterocycles. The fourth-order valence-electron chi connectivity index (χ4n) is 1.93. The highest BCUT2D eigenvalue weighted by Gasteiger charge is 2.19. The van der Waals surface area contributed by atoms with E-state index in [0.717, 1.165) is 5.56 Å². The van der Waals surface area contributed by atoms with Crippen LogP contribution in [0.4, 0.5) is 0 Å². The molecule has 1 rings (SSSR count). The van der Waals surface area contributed by atoms with Gasteiger partial charge in [0.15, 0.2) is 0 Å². The van der Waals surface area contributed by atoms with Gasteiger partial charge in [-0.3, -0.25) is 4.79 Å². The topological polar surface area (TPSA) is 71.4 Å². The predicted molar refractivity (Wildman–Crippen MR) is 75.0 cm³/mol. The molecule has 0 bridgehead atoms. The van der Waals surface area contributed by atoms with E-state index < -0.39 is 21.7 Å². The fraction of sp³-hybridized carbons (Fsp3) is 0.500. The molecule has 0 saturated heterocycles. The molecule has 1 N–H and O–H groups in total. The van der Waals surface area contributed by atoms with E-state index in [1.807, 2.05) is 18.2 Å². The first-order chi connectivity index (χ1) is 8.96. The Morgan fingerprint density at radius 2 is 1.84 bits per heavy atom. The van der Waals surface area contributed by atoms with Crippen molar-refractivity contribution < 1.29 is 18.3 Å². The van der Waals surface area contributed by atoms with Gasteiger partial charge in [-0.2, -0.15) is 0 Å². The number of carboxylic acids is 1. The Labute approximate surface area is 114 Å². The molecule has 4 nitrogen and oxygen atoms in total. The fourth-order valence-corrected chi connectivity index (χ4v) is 2.87. The molecule has 0 saturated carbocycles. The predicted octanol–water partition coefficient (Wildman–Crippen LogP) is 2.46. The number of unbranched alkanes of at least 4 members (excludes halogenated alkanes) is 1. The van der Waals surface area contributed by atoms with Crippen molar-refractivity contribution in [2.45, 2.75) is 32.1 Å². The first-order valence-corrected chi connectivity index (χ1v) is 8.26. The Bertz CT molecular complexity index is 493. The van der Waals surface area contributed by atoms with Gasteiger partial charge in [-0.05, 0) is 18.4 Å². The second-order valence-electron chi connectivity index (χ2n) is 4.53. The van der Waals surface area contributed by atoms with Crippen LogP contribution in [0.2, 0.25) is 0 Å². The normalized spacial score (nSPS) is 13.1. The Morgan fingerprint density at radius 3 is 2.37 bits per heavy atom. The third kappa shape index (κ3) is 5.42. The van der Waals surface area contributed by atoms with Crippen molar-refractivity contribution in [3.05, 3.63) is 35.9 Å². The Morgan fingerprint density at radius 1 is 1.21 bits per heavy atom. The highest BCUT2D eigenvalue weighted by atomic mass is 32.2. The Kier molecular flexibility index (Phi) is 6.02. The van der Waals surface area contributed by atoms with Crippen molar-refractivity contribution in [1.29, 1.82) is 0 Å². The average molecular weight is 284 g/mol. The van der Waals surface area contributed by atoms with Crippen LogP contribution in [0, 0.1) is 0 Å². The maximum Gasteiger partial charge on any atom is 0.310 e. The van der Waals surface area contributed by atoms with Crippen molar-refractivity contribution in [3.63, 3.8) is 0 Å². The van der Waals surface area contributed by atoms with E-state index in [2.05, 4.69) is 0 Å². The zero-order valence-corrected chi connectivity index (χ0v) is 11.9. The average Bonchev–Trinajstić information content (AvgIpc) is 2.39. The number of carboxylic acid groups (broad SMARTS) is 1. The molecule has 0 radical (unpaired) electrons. The van der Waals surface area contributed by atoms with Gasteiger partial charge in [-0.15, -0.1) is 0 Å². The van der Waals surface area contributed by atoms with Gasteiger partial charge in [0.2, 0.25) is 0 Å². The summed E-state index contributed by atoms with van der Waals surface area (Å²) in [7, 11) is -2.95. The standard InChI is InChI=1S/C14H20O4S/c1-2-19(17,18)11-7-6-10-13(14(15)16)12-8-4-3-5-9-12/h3-5,8-9,13H,2,6-7,10-11H2,1H3,(H,15,16). The third-order valence-electron chi connectivity index (χ3n) is 3.14. The van der Waals surface area contributed by atoms with E-state index in [9.17, 15) is 18.3 Å². The van der Waals surface area contributed by atoms with Crippen LogP contribution >= 0.6 is 0 Å². The van der Waals surface area contributed by atoms with Crippen LogP contribution in [0.3, 0.4) is 0 Å². The first-order valence-electron chi connectivity index (χ1n) is 6.44. The van der Waals surface area contributed by atoms with Crippen molar-refractivity contribution in [1.82, 2.24) is 0 Å². The monoisotopic (exact) mass is 284 g/mol. The molecule has 0 fully saturated rings. The van der Waals surface area contributed by atoms with Gasteiger partial charge in [0.1, 0.15) is 9.84 Å². The molecule has 0 aliphatic heterocycles. The lowest BCUT2D eigenvalue weighted by Gasteiger charge is -2.12. The summed E-state index contributed by atoms with van der Waals surface area (Å²) in [6.45, 7) is 1.62. The lowest BCUT2D eigenvalue weighted by atomic mass is 9.94. The van der Waals surface area contributed by atoms with E-state index in [0.29, 0.717) is 19.3 Å². The van der Waals surface area contributed by atoms with Crippen LogP contribution in [0.5, 0.6) is 0 Å². The number of aliphatic carboxylic acids is 1. The summed E-state index contributed by atoms with van der Waals surface area (Å²) in [5, 5.41) is 9.21. The van der Waals surface area contributed by atoms with Crippen LogP contribution in [0.25, 0.3) is 0 Å². The third-order valence-corrected chi connectivity index (χ3v) is 4.93. The van der Waals surface area contributed by atoms with Crippen LogP contribution in [-0.4, -0.2) is 31.0 Å². The second-order valence-corrected chi connectivity index (χ2v) is 7.01. The number of hydrogen-bond acceptors (Lipinski definition) is 3. The molecule has 106 valence electrons. The number of carbonyl (C=O) groups is 1. The van der Waals surface area contributed by atoms with Gasteiger partial charge in [0, 0.05) is 5.75 Å². The van der Waals surface area contributed by atoms with Crippen LogP contribution in [0.15, 0.2) is 30.3 Å². The smallest absolute Gasteiger partial charge is 0.310 e. The maximum absolute atomic E-state index is 11.3. The number of benzene rings is 1. The SMILES string of the molecule is CCS(=O)(=O)CCCCC(C(=O)O)c1ccccc1. The number of rotatable bonds is 8. The van der Waals surface area contributed by atoms with Crippen molar-refractivity contribution in [2.75, 3.05) is 11.5 Å². The first kappa shape index (κ1) is 15.7. The minimum absolute atomic E-state index is 0.143. The summed E-state index contributed by atoms with van der Waals surface area (Å²) in [5.41, 5.74) is 0.772. The summed E-state index contributed by atoms with van der Waals surface area (Å²) in [6.07, 6.45) is 1.59. The largest absolute Gasteiger partial charge is 0.481 e. The van der Waals surface area contributed by atoms with Crippen LogP contribution < -0.4 is 0 Å². The summed E-state index contributed by atoms with van der Waals surface area (Å²) < 4.78 is 22.7. The van der Waals surface area contributed by atoms with E-state index in [1.165, 1.54) is 0 Å². The zero-order chi connectivity index (χ0) is 14.3. The molecule has 1 unspecified atom stereocenters. The molecule has 1 aromatic rings. The second kappa shape index (κ2) is 7.28. The van der Waals surface area contributed by atoms with Gasteiger partial charge in [0.25, 0.3) is 0 Å². The zero-order valence-electron chi connectivity index (χ0n) is 11.1. The summed E-state index contributed by atoms with van der Waals surface area (Å²) in [5.74, 6) is -1.12. The number of sulfone groups is 1. The molecule has 5 heteroatoms. The molecule has 0 spiro atoms. The van der Waals surface area contributed by atoms with Gasteiger partial charge in [-0.1, -0.05) is 43.7 Å².